The van der Waals surface area contributed by atoms with Gasteiger partial charge in [0.15, 0.2) is 23.0 Å². The van der Waals surface area contributed by atoms with Gasteiger partial charge in [-0.3, -0.25) is 0 Å². The molecule has 0 fully saturated rings. The van der Waals surface area contributed by atoms with Gasteiger partial charge in [0.1, 0.15) is 26.4 Å². The Labute approximate surface area is 186 Å². The molecule has 6 heterocycles. The topological polar surface area (TPSA) is 36.9 Å². The van der Waals surface area contributed by atoms with E-state index in [2.05, 4.69) is 10.8 Å². The van der Waals surface area contributed by atoms with Gasteiger partial charge in [0.25, 0.3) is 0 Å². The zero-order valence-electron chi connectivity index (χ0n) is 14.2. The summed E-state index contributed by atoms with van der Waals surface area (Å²) >= 11 is 10.6. The van der Waals surface area contributed by atoms with Crippen molar-refractivity contribution in [2.75, 3.05) is 26.4 Å². The lowest BCUT2D eigenvalue weighted by Gasteiger charge is -2.16. The normalized spacial score (nSPS) is 23.0. The zero-order valence-corrected chi connectivity index (χ0v) is 19.1. The third-order valence-corrected chi connectivity index (χ3v) is 11.7. The van der Waals surface area contributed by atoms with Crippen molar-refractivity contribution in [3.8, 4) is 23.0 Å². The molecular weight excluding hydrogens is 473 g/mol. The van der Waals surface area contributed by atoms with Crippen LogP contribution in [0.4, 0.5) is 0 Å². The van der Waals surface area contributed by atoms with Crippen molar-refractivity contribution in [1.29, 1.82) is 0 Å². The van der Waals surface area contributed by atoms with Gasteiger partial charge >= 0.3 is 0 Å². The molecule has 0 bridgehead atoms. The third-order valence-electron chi connectivity index (χ3n) is 4.17. The molecule has 4 aliphatic rings. The smallest absolute Gasteiger partial charge is 0.180 e. The molecule has 0 spiro atoms. The van der Waals surface area contributed by atoms with Crippen molar-refractivity contribution in [2.24, 2.45) is 0 Å². The van der Waals surface area contributed by atoms with E-state index in [4.69, 9.17) is 18.9 Å². The van der Waals surface area contributed by atoms with Gasteiger partial charge in [-0.05, 0) is 10.8 Å². The lowest BCUT2D eigenvalue weighted by atomic mass is 10.4. The van der Waals surface area contributed by atoms with Crippen LogP contribution in [-0.2, 0) is 0 Å². The molecule has 28 heavy (non-hydrogen) atoms. The molecule has 2 aromatic heterocycles. The van der Waals surface area contributed by atoms with Crippen LogP contribution in [-0.4, -0.2) is 26.4 Å². The highest BCUT2D eigenvalue weighted by Gasteiger charge is 2.30. The van der Waals surface area contributed by atoms with E-state index >= 15 is 0 Å². The Bertz CT molecular complexity index is 964. The van der Waals surface area contributed by atoms with Crippen LogP contribution < -0.4 is 18.9 Å². The third kappa shape index (κ3) is 3.09. The number of hydrogen-bond acceptors (Lipinski definition) is 10. The second kappa shape index (κ2) is 7.48. The van der Waals surface area contributed by atoms with Gasteiger partial charge in [0.2, 0.25) is 0 Å². The summed E-state index contributed by atoms with van der Waals surface area (Å²) in [7, 11) is 0. The fourth-order valence-electron chi connectivity index (χ4n) is 2.96. The molecule has 0 radical (unpaired) electrons. The van der Waals surface area contributed by atoms with Gasteiger partial charge in [0.05, 0.1) is 18.2 Å². The van der Waals surface area contributed by atoms with Crippen LogP contribution >= 0.6 is 69.7 Å². The van der Waals surface area contributed by atoms with Gasteiger partial charge in [-0.25, -0.2) is 0 Å². The molecule has 4 aliphatic heterocycles. The lowest BCUT2D eigenvalue weighted by molar-refractivity contribution is 0.173. The molecule has 0 atom stereocenters. The van der Waals surface area contributed by atoms with Crippen molar-refractivity contribution in [3.63, 3.8) is 0 Å². The molecule has 0 aromatic carbocycles. The van der Waals surface area contributed by atoms with Crippen molar-refractivity contribution in [1.82, 2.24) is 0 Å². The maximum atomic E-state index is 5.85. The zero-order chi connectivity index (χ0) is 18.5. The first-order chi connectivity index (χ1) is 13.9. The molecule has 10 heteroatoms. The van der Waals surface area contributed by atoms with Crippen LogP contribution in [0.25, 0.3) is 9.81 Å². The van der Waals surface area contributed by atoms with Gasteiger partial charge in [-0.15, -0.1) is 22.7 Å². The van der Waals surface area contributed by atoms with E-state index in [1.54, 1.807) is 46.2 Å². The number of hydrogen-bond donors (Lipinski definition) is 0. The van der Waals surface area contributed by atoms with Crippen molar-refractivity contribution < 1.29 is 18.9 Å². The summed E-state index contributed by atoms with van der Waals surface area (Å²) in [6.07, 6.45) is 0. The largest absolute Gasteiger partial charge is 0.485 e. The summed E-state index contributed by atoms with van der Waals surface area (Å²) in [5.41, 5.74) is 0. The lowest BCUT2D eigenvalue weighted by Crippen LogP contribution is -2.14. The van der Waals surface area contributed by atoms with Crippen LogP contribution in [0, 0.1) is 0 Å². The molecule has 0 aliphatic carbocycles. The molecule has 0 N–H and O–H groups in total. The molecule has 144 valence electrons. The van der Waals surface area contributed by atoms with Crippen molar-refractivity contribution in [2.45, 2.75) is 0 Å². The molecule has 0 saturated carbocycles. The first kappa shape index (κ1) is 18.0. The summed E-state index contributed by atoms with van der Waals surface area (Å²) < 4.78 is 25.7. The number of thiophene rings is 2. The fraction of sp³-hybridized carbons (Fsp3) is 0.222. The highest BCUT2D eigenvalue weighted by Crippen LogP contribution is 2.62. The van der Waals surface area contributed by atoms with Crippen LogP contribution in [0.5, 0.6) is 23.0 Å². The van der Waals surface area contributed by atoms with E-state index < -0.39 is 0 Å². The van der Waals surface area contributed by atoms with Crippen LogP contribution in [0.2, 0.25) is 0 Å². The SMILES string of the molecule is C1=C(c2scc3c2OCCO3)S/C(=C2/SC=C(c3scc4c3OCCO4)S2)S1. The Morgan fingerprint density at radius 2 is 1.07 bits per heavy atom. The van der Waals surface area contributed by atoms with E-state index in [1.807, 2.05) is 34.3 Å². The highest BCUT2D eigenvalue weighted by atomic mass is 32.2. The Balaban J connectivity index is 1.21. The molecule has 0 amide bonds. The van der Waals surface area contributed by atoms with Crippen LogP contribution in [0.15, 0.2) is 30.1 Å². The maximum Gasteiger partial charge on any atom is 0.180 e. The van der Waals surface area contributed by atoms with E-state index in [-0.39, 0.29) is 0 Å². The minimum Gasteiger partial charge on any atom is -0.485 e. The Hall–Kier alpha value is -0.780. The number of fused-ring (bicyclic) bond motifs is 2. The quantitative estimate of drug-likeness (QED) is 0.464. The second-order valence-electron chi connectivity index (χ2n) is 5.89. The minimum atomic E-state index is 0.617. The number of ether oxygens (including phenoxy) is 4. The first-order valence-electron chi connectivity index (χ1n) is 8.45. The Kier molecular flexibility index (Phi) is 4.82. The number of rotatable bonds is 2. The number of thioether (sulfide) groups is 4. The molecule has 0 unspecified atom stereocenters. The average Bonchev–Trinajstić information content (AvgIpc) is 3.51. The molecule has 4 nitrogen and oxygen atoms in total. The second-order valence-corrected chi connectivity index (χ2v) is 12.0. The van der Waals surface area contributed by atoms with Crippen LogP contribution in [0.3, 0.4) is 0 Å². The highest BCUT2D eigenvalue weighted by molar-refractivity contribution is 8.36. The summed E-state index contributed by atoms with van der Waals surface area (Å²) in [6, 6.07) is 0. The average molecular weight is 485 g/mol. The molecule has 6 rings (SSSR count). The summed E-state index contributed by atoms with van der Waals surface area (Å²) in [4.78, 5) is 4.82. The van der Waals surface area contributed by atoms with E-state index in [0.29, 0.717) is 26.4 Å². The maximum absolute atomic E-state index is 5.85. The van der Waals surface area contributed by atoms with E-state index in [1.165, 1.54) is 28.0 Å². The van der Waals surface area contributed by atoms with Crippen molar-refractivity contribution in [3.05, 3.63) is 39.8 Å². The summed E-state index contributed by atoms with van der Waals surface area (Å²) in [5, 5.41) is 8.53. The van der Waals surface area contributed by atoms with Crippen LogP contribution in [0.1, 0.15) is 9.75 Å². The predicted octanol–water partition coefficient (Wildman–Crippen LogP) is 6.74. The fourth-order valence-corrected chi connectivity index (χ4v) is 10.1. The van der Waals surface area contributed by atoms with Gasteiger partial charge in [0, 0.05) is 20.6 Å². The monoisotopic (exact) mass is 484 g/mol. The van der Waals surface area contributed by atoms with Gasteiger partial charge in [-0.2, -0.15) is 0 Å². The summed E-state index contributed by atoms with van der Waals surface area (Å²) in [6.45, 7) is 2.49. The van der Waals surface area contributed by atoms with Gasteiger partial charge in [-0.1, -0.05) is 47.0 Å². The minimum absolute atomic E-state index is 0.617. The molecular formula is C18H12O4S6. The molecule has 2 aromatic rings. The standard InChI is InChI=1S/C18H12O4S6/c1-3-21-13-9(19-1)5-23-15(13)11-7-25-17(27-11)18-26-8-12(28-18)16-14-10(6-24-16)20-2-4-22-14/h5-8H,1-4H2/b18-17-. The van der Waals surface area contributed by atoms with E-state index in [9.17, 15) is 0 Å². The first-order valence-corrected chi connectivity index (χ1v) is 13.6. The summed E-state index contributed by atoms with van der Waals surface area (Å²) in [5.74, 6) is 3.54. The Morgan fingerprint density at radius 3 is 1.57 bits per heavy atom. The van der Waals surface area contributed by atoms with Gasteiger partial charge < -0.3 is 18.9 Å². The molecule has 0 saturated heterocycles. The Morgan fingerprint density at radius 1 is 0.607 bits per heavy atom. The van der Waals surface area contributed by atoms with E-state index in [0.717, 1.165) is 23.0 Å². The van der Waals surface area contributed by atoms with Crippen molar-refractivity contribution >= 4 is 79.5 Å². The predicted molar refractivity (Wildman–Crippen MR) is 124 cm³/mol.